The molecule has 1 N–H and O–H groups in total. The van der Waals surface area contributed by atoms with Crippen LogP contribution in [-0.4, -0.2) is 10.7 Å². The molecule has 0 aliphatic carbocycles. The summed E-state index contributed by atoms with van der Waals surface area (Å²) in [7, 11) is 0. The highest BCUT2D eigenvalue weighted by atomic mass is 35.5. The number of aromatic nitrogens is 1. The third-order valence-electron chi connectivity index (χ3n) is 4.42. The first-order chi connectivity index (χ1) is 12.1. The minimum absolute atomic E-state index is 0.0202. The summed E-state index contributed by atoms with van der Waals surface area (Å²) in [5.74, 6) is 0. The van der Waals surface area contributed by atoms with Crippen LogP contribution in [0.2, 0.25) is 5.02 Å². The summed E-state index contributed by atoms with van der Waals surface area (Å²) < 4.78 is 1.76. The van der Waals surface area contributed by atoms with Crippen molar-refractivity contribution in [3.8, 4) is 0 Å². The summed E-state index contributed by atoms with van der Waals surface area (Å²) in [5, 5.41) is 1.77. The van der Waals surface area contributed by atoms with E-state index in [1.807, 2.05) is 61.5 Å². The maximum atomic E-state index is 12.5. The molecular weight excluding hydrogens is 336 g/mol. The molecule has 0 saturated heterocycles. The van der Waals surface area contributed by atoms with Crippen LogP contribution in [-0.2, 0) is 11.4 Å². The van der Waals surface area contributed by atoms with Crippen LogP contribution in [0.5, 0.6) is 0 Å². The molecule has 1 atom stereocenters. The first-order valence-electron chi connectivity index (χ1n) is 8.10. The second-order valence-electron chi connectivity index (χ2n) is 6.14. The summed E-state index contributed by atoms with van der Waals surface area (Å²) >= 11 is 5.93. The van der Waals surface area contributed by atoms with Crippen LogP contribution in [0.1, 0.15) is 11.1 Å². The van der Waals surface area contributed by atoms with E-state index in [4.69, 9.17) is 16.4 Å². The average molecular weight is 353 g/mol. The third-order valence-corrected chi connectivity index (χ3v) is 4.67. The molecule has 5 heteroatoms. The lowest BCUT2D eigenvalue weighted by molar-refractivity contribution is 0.0419. The van der Waals surface area contributed by atoms with Gasteiger partial charge in [-0.3, -0.25) is 15.1 Å². The van der Waals surface area contributed by atoms with Crippen molar-refractivity contribution in [1.82, 2.24) is 10.0 Å². The largest absolute Gasteiger partial charge is 0.305 e. The molecule has 0 unspecified atom stereocenters. The number of hydrogen-bond donors (Lipinski definition) is 1. The fraction of sp³-hybridized carbons (Fsp3) is 0.150. The number of nitrogens with zero attached hydrogens (tertiary/aromatic N) is 1. The van der Waals surface area contributed by atoms with Gasteiger partial charge in [0.15, 0.2) is 0 Å². The van der Waals surface area contributed by atoms with E-state index in [1.54, 1.807) is 10.6 Å². The second kappa shape index (κ2) is 6.39. The summed E-state index contributed by atoms with van der Waals surface area (Å²) in [6.45, 7) is 2.41. The molecule has 1 aliphatic heterocycles. The summed E-state index contributed by atoms with van der Waals surface area (Å²) in [5.41, 5.74) is 6.70. The van der Waals surface area contributed by atoms with E-state index in [1.165, 1.54) is 0 Å². The Morgan fingerprint density at radius 2 is 1.92 bits per heavy atom. The standard InChI is InChI=1S/C20H17ClN2O2/c1-13-10-20(24)23(19-5-3-2-4-17(13)19)12-16-11-18(22-25-16)14-6-8-15(21)9-7-14/h2-11,16,22H,12H2,1H3/t16-/m0/s1. The molecule has 4 rings (SSSR count). The van der Waals surface area contributed by atoms with Crippen LogP contribution in [0, 0.1) is 6.92 Å². The predicted molar refractivity (Wildman–Crippen MR) is 100 cm³/mol. The zero-order valence-electron chi connectivity index (χ0n) is 13.7. The Hall–Kier alpha value is -2.56. The van der Waals surface area contributed by atoms with Gasteiger partial charge in [-0.1, -0.05) is 41.9 Å². The van der Waals surface area contributed by atoms with Gasteiger partial charge < -0.3 is 4.57 Å². The molecule has 0 amide bonds. The Bertz CT molecular complexity index is 1020. The first kappa shape index (κ1) is 15.9. The molecule has 2 aromatic carbocycles. The van der Waals surface area contributed by atoms with Crippen molar-refractivity contribution in [2.45, 2.75) is 19.6 Å². The van der Waals surface area contributed by atoms with E-state index in [0.717, 1.165) is 27.7 Å². The number of pyridine rings is 1. The SMILES string of the molecule is Cc1cc(=O)n(C[C@@H]2C=C(c3ccc(Cl)cc3)NO2)c2ccccc12. The fourth-order valence-electron chi connectivity index (χ4n) is 3.14. The van der Waals surface area contributed by atoms with Crippen LogP contribution in [0.15, 0.2) is 65.5 Å². The molecule has 25 heavy (non-hydrogen) atoms. The molecule has 2 heterocycles. The molecule has 0 bridgehead atoms. The van der Waals surface area contributed by atoms with Crippen LogP contribution in [0.25, 0.3) is 16.6 Å². The normalized spacial score (nSPS) is 16.7. The van der Waals surface area contributed by atoms with Gasteiger partial charge in [-0.2, -0.15) is 0 Å². The summed E-state index contributed by atoms with van der Waals surface area (Å²) in [6, 6.07) is 17.1. The second-order valence-corrected chi connectivity index (χ2v) is 6.58. The van der Waals surface area contributed by atoms with E-state index >= 15 is 0 Å². The smallest absolute Gasteiger partial charge is 0.251 e. The third kappa shape index (κ3) is 3.06. The van der Waals surface area contributed by atoms with Gasteiger partial charge in [0, 0.05) is 16.5 Å². The Balaban J connectivity index is 1.66. The fourth-order valence-corrected chi connectivity index (χ4v) is 3.26. The average Bonchev–Trinajstić information content (AvgIpc) is 3.08. The topological polar surface area (TPSA) is 43.3 Å². The number of fused-ring (bicyclic) bond motifs is 1. The van der Waals surface area contributed by atoms with Gasteiger partial charge in [0.2, 0.25) is 0 Å². The van der Waals surface area contributed by atoms with Crippen molar-refractivity contribution >= 4 is 28.2 Å². The van der Waals surface area contributed by atoms with E-state index in [2.05, 4.69) is 5.48 Å². The number of hydrogen-bond acceptors (Lipinski definition) is 3. The minimum Gasteiger partial charge on any atom is -0.305 e. The highest BCUT2D eigenvalue weighted by Crippen LogP contribution is 2.22. The zero-order chi connectivity index (χ0) is 17.4. The molecule has 4 nitrogen and oxygen atoms in total. The van der Waals surface area contributed by atoms with E-state index in [-0.39, 0.29) is 11.7 Å². The van der Waals surface area contributed by atoms with E-state index in [9.17, 15) is 4.79 Å². The molecule has 1 aliphatic rings. The predicted octanol–water partition coefficient (Wildman–Crippen LogP) is 3.91. The monoisotopic (exact) mass is 352 g/mol. The first-order valence-corrected chi connectivity index (χ1v) is 8.48. The summed E-state index contributed by atoms with van der Waals surface area (Å²) in [6.07, 6.45) is 1.76. The Morgan fingerprint density at radius 1 is 1.16 bits per heavy atom. The van der Waals surface area contributed by atoms with Crippen molar-refractivity contribution in [3.05, 3.63) is 87.2 Å². The lowest BCUT2D eigenvalue weighted by atomic mass is 10.1. The number of aryl methyl sites for hydroxylation is 1. The van der Waals surface area contributed by atoms with Gasteiger partial charge in [-0.25, -0.2) is 0 Å². The van der Waals surface area contributed by atoms with Gasteiger partial charge in [0.1, 0.15) is 6.10 Å². The molecule has 1 aromatic heterocycles. The molecule has 0 fully saturated rings. The van der Waals surface area contributed by atoms with Crippen molar-refractivity contribution in [1.29, 1.82) is 0 Å². The van der Waals surface area contributed by atoms with Gasteiger partial charge >= 0.3 is 0 Å². The van der Waals surface area contributed by atoms with Gasteiger partial charge in [0.25, 0.3) is 5.56 Å². The van der Waals surface area contributed by atoms with Crippen LogP contribution >= 0.6 is 11.6 Å². The van der Waals surface area contributed by atoms with Crippen molar-refractivity contribution < 1.29 is 4.84 Å². The molecule has 126 valence electrons. The van der Waals surface area contributed by atoms with E-state index in [0.29, 0.717) is 11.6 Å². The minimum atomic E-state index is -0.227. The van der Waals surface area contributed by atoms with Gasteiger partial charge in [0.05, 0.1) is 17.8 Å². The Morgan fingerprint density at radius 3 is 2.72 bits per heavy atom. The van der Waals surface area contributed by atoms with E-state index < -0.39 is 0 Å². The molecule has 3 aromatic rings. The molecule has 0 spiro atoms. The van der Waals surface area contributed by atoms with Crippen LogP contribution < -0.4 is 11.0 Å². The number of halogens is 1. The Labute approximate surface area is 150 Å². The highest BCUT2D eigenvalue weighted by Gasteiger charge is 2.19. The lowest BCUT2D eigenvalue weighted by Gasteiger charge is -2.14. The number of para-hydroxylation sites is 1. The maximum Gasteiger partial charge on any atom is 0.251 e. The number of hydroxylamine groups is 1. The summed E-state index contributed by atoms with van der Waals surface area (Å²) in [4.78, 5) is 18.1. The number of benzene rings is 2. The lowest BCUT2D eigenvalue weighted by Crippen LogP contribution is -2.27. The molecule has 0 saturated carbocycles. The zero-order valence-corrected chi connectivity index (χ0v) is 14.5. The number of rotatable bonds is 3. The molecular formula is C20H17ClN2O2. The van der Waals surface area contributed by atoms with Gasteiger partial charge in [-0.05, 0) is 42.3 Å². The maximum absolute atomic E-state index is 12.5. The van der Waals surface area contributed by atoms with Crippen LogP contribution in [0.3, 0.4) is 0 Å². The van der Waals surface area contributed by atoms with Gasteiger partial charge in [-0.15, -0.1) is 0 Å². The highest BCUT2D eigenvalue weighted by molar-refractivity contribution is 6.30. The van der Waals surface area contributed by atoms with Crippen molar-refractivity contribution in [2.75, 3.05) is 0 Å². The van der Waals surface area contributed by atoms with Crippen molar-refractivity contribution in [2.24, 2.45) is 0 Å². The number of nitrogens with one attached hydrogen (secondary N) is 1. The molecule has 0 radical (unpaired) electrons. The Kier molecular flexibility index (Phi) is 4.07. The van der Waals surface area contributed by atoms with Crippen molar-refractivity contribution in [3.63, 3.8) is 0 Å². The quantitative estimate of drug-likeness (QED) is 0.777. The van der Waals surface area contributed by atoms with Crippen LogP contribution in [0.4, 0.5) is 0 Å².